The fourth-order valence-electron chi connectivity index (χ4n) is 2.37. The van der Waals surface area contributed by atoms with Gasteiger partial charge in [0.15, 0.2) is 15.9 Å². The summed E-state index contributed by atoms with van der Waals surface area (Å²) < 4.78 is 33.1. The van der Waals surface area contributed by atoms with Crippen LogP contribution in [0.1, 0.15) is 29.8 Å². The van der Waals surface area contributed by atoms with Crippen LogP contribution in [0.4, 0.5) is 5.69 Å². The predicted octanol–water partition coefficient (Wildman–Crippen LogP) is 2.81. The Labute approximate surface area is 164 Å². The first-order valence-electron chi connectivity index (χ1n) is 8.69. The van der Waals surface area contributed by atoms with Gasteiger partial charge < -0.3 is 14.8 Å². The van der Waals surface area contributed by atoms with Crippen molar-refractivity contribution in [3.05, 3.63) is 59.7 Å². The van der Waals surface area contributed by atoms with Crippen molar-refractivity contribution >= 4 is 27.4 Å². The molecule has 0 spiro atoms. The lowest BCUT2D eigenvalue weighted by Gasteiger charge is -2.14. The highest BCUT2D eigenvalue weighted by Gasteiger charge is 2.19. The normalized spacial score (nSPS) is 12.1. The average molecular weight is 405 g/mol. The van der Waals surface area contributed by atoms with E-state index in [0.29, 0.717) is 23.6 Å². The number of hydrogen-bond acceptors (Lipinski definition) is 6. The Kier molecular flexibility index (Phi) is 7.17. The number of esters is 1. The number of amides is 1. The molecular weight excluding hydrogens is 382 g/mol. The van der Waals surface area contributed by atoms with Crippen molar-refractivity contribution in [2.45, 2.75) is 25.7 Å². The Hall–Kier alpha value is -2.87. The summed E-state index contributed by atoms with van der Waals surface area (Å²) in [5.41, 5.74) is 1.36. The van der Waals surface area contributed by atoms with E-state index >= 15 is 0 Å². The Morgan fingerprint density at radius 1 is 1.04 bits per heavy atom. The largest absolute Gasteiger partial charge is 0.494 e. The monoisotopic (exact) mass is 405 g/mol. The first-order chi connectivity index (χ1) is 13.2. The SMILES string of the molecule is CCOc1ccc(NC(=O)[C@H](C)OC(=O)c2ccc(CS(C)(=O)=O)cc2)cc1. The number of hydrogen-bond donors (Lipinski definition) is 1. The fourth-order valence-corrected chi connectivity index (χ4v) is 3.16. The van der Waals surface area contributed by atoms with Crippen molar-refractivity contribution in [2.75, 3.05) is 18.2 Å². The smallest absolute Gasteiger partial charge is 0.338 e. The van der Waals surface area contributed by atoms with Gasteiger partial charge in [0, 0.05) is 11.9 Å². The molecule has 2 aromatic rings. The van der Waals surface area contributed by atoms with Gasteiger partial charge in [0.25, 0.3) is 5.91 Å². The van der Waals surface area contributed by atoms with Gasteiger partial charge in [0.2, 0.25) is 0 Å². The molecule has 2 rings (SSSR count). The van der Waals surface area contributed by atoms with E-state index in [0.717, 1.165) is 6.26 Å². The van der Waals surface area contributed by atoms with Gasteiger partial charge in [-0.1, -0.05) is 12.1 Å². The third kappa shape index (κ3) is 6.70. The summed E-state index contributed by atoms with van der Waals surface area (Å²) in [6.45, 7) is 3.90. The standard InChI is InChI=1S/C20H23NO6S/c1-4-26-18-11-9-17(10-12-18)21-19(22)14(2)27-20(23)16-7-5-15(6-8-16)13-28(3,24)25/h5-12,14H,4,13H2,1-3H3,(H,21,22)/t14-/m0/s1. The number of nitrogens with one attached hydrogen (secondary N) is 1. The van der Waals surface area contributed by atoms with E-state index in [4.69, 9.17) is 9.47 Å². The van der Waals surface area contributed by atoms with Crippen molar-refractivity contribution in [2.24, 2.45) is 0 Å². The molecule has 2 aromatic carbocycles. The van der Waals surface area contributed by atoms with Gasteiger partial charge in [-0.3, -0.25) is 4.79 Å². The third-order valence-electron chi connectivity index (χ3n) is 3.70. The lowest BCUT2D eigenvalue weighted by Crippen LogP contribution is -2.30. The minimum atomic E-state index is -3.15. The Balaban J connectivity index is 1.92. The Morgan fingerprint density at radius 3 is 2.18 bits per heavy atom. The van der Waals surface area contributed by atoms with Gasteiger partial charge in [-0.15, -0.1) is 0 Å². The Bertz CT molecular complexity index is 920. The molecule has 7 nitrogen and oxygen atoms in total. The number of benzene rings is 2. The van der Waals surface area contributed by atoms with E-state index in [1.807, 2.05) is 6.92 Å². The van der Waals surface area contributed by atoms with E-state index in [2.05, 4.69) is 5.32 Å². The highest BCUT2D eigenvalue weighted by Crippen LogP contribution is 2.16. The molecule has 0 saturated carbocycles. The fraction of sp³-hybridized carbons (Fsp3) is 0.300. The van der Waals surface area contributed by atoms with Gasteiger partial charge in [0.05, 0.1) is 17.9 Å². The van der Waals surface area contributed by atoms with Gasteiger partial charge in [-0.2, -0.15) is 0 Å². The molecule has 28 heavy (non-hydrogen) atoms. The van der Waals surface area contributed by atoms with Crippen molar-refractivity contribution in [3.8, 4) is 5.75 Å². The summed E-state index contributed by atoms with van der Waals surface area (Å²) in [6.07, 6.45) is 0.134. The molecule has 0 bridgehead atoms. The maximum absolute atomic E-state index is 12.2. The average Bonchev–Trinajstić information content (AvgIpc) is 2.62. The minimum Gasteiger partial charge on any atom is -0.494 e. The molecule has 1 atom stereocenters. The van der Waals surface area contributed by atoms with Crippen LogP contribution in [0.15, 0.2) is 48.5 Å². The molecule has 8 heteroatoms. The summed E-state index contributed by atoms with van der Waals surface area (Å²) in [7, 11) is -3.15. The number of sulfone groups is 1. The van der Waals surface area contributed by atoms with Gasteiger partial charge in [-0.25, -0.2) is 13.2 Å². The van der Waals surface area contributed by atoms with Gasteiger partial charge >= 0.3 is 5.97 Å². The zero-order valence-electron chi connectivity index (χ0n) is 16.0. The second kappa shape index (κ2) is 9.36. The number of carbonyl (C=O) groups excluding carboxylic acids is 2. The van der Waals surface area contributed by atoms with Gasteiger partial charge in [-0.05, 0) is 55.8 Å². The van der Waals surface area contributed by atoms with Crippen molar-refractivity contribution < 1.29 is 27.5 Å². The van der Waals surface area contributed by atoms with Gasteiger partial charge in [0.1, 0.15) is 5.75 Å². The summed E-state index contributed by atoms with van der Waals surface area (Å²) in [5, 5.41) is 2.66. The van der Waals surface area contributed by atoms with E-state index in [1.165, 1.54) is 19.1 Å². The summed E-state index contributed by atoms with van der Waals surface area (Å²) in [6, 6.07) is 12.9. The lowest BCUT2D eigenvalue weighted by atomic mass is 10.1. The molecule has 150 valence electrons. The topological polar surface area (TPSA) is 98.8 Å². The molecule has 0 saturated heterocycles. The summed E-state index contributed by atoms with van der Waals surface area (Å²) in [5.74, 6) is -0.547. The van der Waals surface area contributed by atoms with Crippen LogP contribution in [-0.4, -0.2) is 39.3 Å². The van der Waals surface area contributed by atoms with Crippen molar-refractivity contribution in [1.82, 2.24) is 0 Å². The molecule has 0 unspecified atom stereocenters. The Morgan fingerprint density at radius 2 is 1.64 bits per heavy atom. The third-order valence-corrected chi connectivity index (χ3v) is 4.56. The molecule has 0 aliphatic heterocycles. The molecule has 0 aliphatic carbocycles. The number of carbonyl (C=O) groups is 2. The first kappa shape index (κ1) is 21.4. The number of ether oxygens (including phenoxy) is 2. The molecule has 0 aliphatic rings. The highest BCUT2D eigenvalue weighted by molar-refractivity contribution is 7.89. The van der Waals surface area contributed by atoms with Crippen LogP contribution in [0.5, 0.6) is 5.75 Å². The van der Waals surface area contributed by atoms with Crippen LogP contribution < -0.4 is 10.1 Å². The first-order valence-corrected chi connectivity index (χ1v) is 10.8. The quantitative estimate of drug-likeness (QED) is 0.678. The van der Waals surface area contributed by atoms with Crippen LogP contribution in [0.3, 0.4) is 0 Å². The summed E-state index contributed by atoms with van der Waals surface area (Å²) >= 11 is 0. The second-order valence-electron chi connectivity index (χ2n) is 6.26. The zero-order valence-corrected chi connectivity index (χ0v) is 16.8. The maximum Gasteiger partial charge on any atom is 0.338 e. The predicted molar refractivity (Wildman–Crippen MR) is 106 cm³/mol. The van der Waals surface area contributed by atoms with E-state index in [-0.39, 0.29) is 11.3 Å². The number of rotatable bonds is 8. The molecule has 1 N–H and O–H groups in total. The van der Waals surface area contributed by atoms with E-state index in [1.54, 1.807) is 36.4 Å². The molecule has 0 fully saturated rings. The molecule has 1 amide bonds. The minimum absolute atomic E-state index is 0.108. The lowest BCUT2D eigenvalue weighted by molar-refractivity contribution is -0.123. The van der Waals surface area contributed by atoms with Crippen molar-refractivity contribution in [1.29, 1.82) is 0 Å². The van der Waals surface area contributed by atoms with E-state index < -0.39 is 27.8 Å². The van der Waals surface area contributed by atoms with Crippen LogP contribution in [0.2, 0.25) is 0 Å². The number of anilines is 1. The summed E-state index contributed by atoms with van der Waals surface area (Å²) in [4.78, 5) is 24.4. The second-order valence-corrected chi connectivity index (χ2v) is 8.40. The molecular formula is C20H23NO6S. The molecule has 0 heterocycles. The van der Waals surface area contributed by atoms with Crippen LogP contribution in [0, 0.1) is 0 Å². The van der Waals surface area contributed by atoms with E-state index in [9.17, 15) is 18.0 Å². The van der Waals surface area contributed by atoms with Crippen molar-refractivity contribution in [3.63, 3.8) is 0 Å². The van der Waals surface area contributed by atoms with Crippen LogP contribution >= 0.6 is 0 Å². The van der Waals surface area contributed by atoms with Crippen LogP contribution in [0.25, 0.3) is 0 Å². The zero-order chi connectivity index (χ0) is 20.7. The highest BCUT2D eigenvalue weighted by atomic mass is 32.2. The molecule has 0 radical (unpaired) electrons. The molecule has 0 aromatic heterocycles. The van der Waals surface area contributed by atoms with Crippen LogP contribution in [-0.2, 0) is 25.1 Å². The maximum atomic E-state index is 12.2.